The average molecular weight is 160 g/mol. The van der Waals surface area contributed by atoms with E-state index in [9.17, 15) is 0 Å². The summed E-state index contributed by atoms with van der Waals surface area (Å²) in [6.45, 7) is 0. The van der Waals surface area contributed by atoms with Gasteiger partial charge in [0, 0.05) is 0 Å². The van der Waals surface area contributed by atoms with Crippen molar-refractivity contribution < 1.29 is 0 Å². The topological polar surface area (TPSA) is 0 Å². The lowest BCUT2D eigenvalue weighted by molar-refractivity contribution is 0.300. The molecule has 3 rings (SSSR count). The minimum absolute atomic E-state index is 0.946. The van der Waals surface area contributed by atoms with E-state index in [0.29, 0.717) is 0 Å². The molecular formula is C12H16. The zero-order valence-electron chi connectivity index (χ0n) is 7.50. The third-order valence-corrected chi connectivity index (χ3v) is 3.94. The molecule has 1 saturated carbocycles. The van der Waals surface area contributed by atoms with Crippen molar-refractivity contribution in [1.29, 1.82) is 0 Å². The molecule has 0 amide bonds. The fraction of sp³-hybridized carbons (Fsp3) is 0.667. The van der Waals surface area contributed by atoms with Crippen LogP contribution in [0, 0.1) is 17.8 Å². The molecule has 0 N–H and O–H groups in total. The monoisotopic (exact) mass is 160 g/mol. The van der Waals surface area contributed by atoms with Crippen LogP contribution in [0.1, 0.15) is 32.1 Å². The molecule has 0 aliphatic heterocycles. The summed E-state index contributed by atoms with van der Waals surface area (Å²) in [5, 5.41) is 0. The van der Waals surface area contributed by atoms with Crippen LogP contribution in [0.5, 0.6) is 0 Å². The highest BCUT2D eigenvalue weighted by Gasteiger charge is 2.37. The molecule has 0 aromatic rings. The molecule has 3 aliphatic carbocycles. The molecule has 3 unspecified atom stereocenters. The maximum Gasteiger partial charge on any atom is -0.0196 e. The summed E-state index contributed by atoms with van der Waals surface area (Å²) in [5.41, 5.74) is 1.77. The highest BCUT2D eigenvalue weighted by molar-refractivity contribution is 5.20. The zero-order valence-corrected chi connectivity index (χ0v) is 7.50. The highest BCUT2D eigenvalue weighted by atomic mass is 14.4. The Labute approximate surface area is 74.4 Å². The van der Waals surface area contributed by atoms with Gasteiger partial charge in [-0.2, -0.15) is 0 Å². The number of hydrogen-bond acceptors (Lipinski definition) is 0. The van der Waals surface area contributed by atoms with Gasteiger partial charge >= 0.3 is 0 Å². The molecule has 12 heavy (non-hydrogen) atoms. The van der Waals surface area contributed by atoms with E-state index in [1.807, 2.05) is 0 Å². The van der Waals surface area contributed by atoms with Crippen molar-refractivity contribution in [3.05, 3.63) is 23.8 Å². The second-order valence-corrected chi connectivity index (χ2v) is 4.60. The van der Waals surface area contributed by atoms with Gasteiger partial charge in [-0.05, 0) is 49.9 Å². The van der Waals surface area contributed by atoms with E-state index < -0.39 is 0 Å². The fourth-order valence-electron chi connectivity index (χ4n) is 3.30. The Kier molecular flexibility index (Phi) is 1.44. The standard InChI is InChI=1S/C12H16/c1-2-4-10(3-1)12-8-9-5-6-11(12)7-9/h1,3,5,10-12H,2,4,6-8H2. The van der Waals surface area contributed by atoms with Crippen LogP contribution < -0.4 is 0 Å². The zero-order chi connectivity index (χ0) is 7.97. The molecule has 0 aromatic carbocycles. The molecule has 0 aromatic heterocycles. The largest absolute Gasteiger partial charge is 0.0882 e. The highest BCUT2D eigenvalue weighted by Crippen LogP contribution is 2.49. The number of fused-ring (bicyclic) bond motifs is 2. The van der Waals surface area contributed by atoms with E-state index in [1.165, 1.54) is 32.1 Å². The molecule has 2 bridgehead atoms. The molecule has 0 nitrogen and oxygen atoms in total. The van der Waals surface area contributed by atoms with Crippen LogP contribution in [0.4, 0.5) is 0 Å². The van der Waals surface area contributed by atoms with Gasteiger partial charge in [0.1, 0.15) is 0 Å². The summed E-state index contributed by atoms with van der Waals surface area (Å²) >= 11 is 0. The molecule has 1 fully saturated rings. The Bertz CT molecular complexity index is 247. The van der Waals surface area contributed by atoms with Crippen molar-refractivity contribution in [2.45, 2.75) is 32.1 Å². The molecule has 64 valence electrons. The molecule has 0 radical (unpaired) electrons. The second-order valence-electron chi connectivity index (χ2n) is 4.60. The first-order valence-electron chi connectivity index (χ1n) is 5.28. The minimum atomic E-state index is 0.946. The van der Waals surface area contributed by atoms with Crippen molar-refractivity contribution in [2.75, 3.05) is 0 Å². The fourth-order valence-corrected chi connectivity index (χ4v) is 3.30. The summed E-state index contributed by atoms with van der Waals surface area (Å²) in [5.74, 6) is 3.01. The minimum Gasteiger partial charge on any atom is -0.0882 e. The van der Waals surface area contributed by atoms with Crippen LogP contribution in [-0.2, 0) is 0 Å². The first-order chi connectivity index (χ1) is 5.93. The summed E-state index contributed by atoms with van der Waals surface area (Å²) in [6.07, 6.45) is 14.4. The maximum atomic E-state index is 2.49. The van der Waals surface area contributed by atoms with Crippen LogP contribution in [0.3, 0.4) is 0 Å². The molecule has 0 spiro atoms. The van der Waals surface area contributed by atoms with Gasteiger partial charge in [-0.1, -0.05) is 23.8 Å². The Hall–Kier alpha value is -0.520. The first kappa shape index (κ1) is 6.94. The van der Waals surface area contributed by atoms with E-state index in [4.69, 9.17) is 0 Å². The van der Waals surface area contributed by atoms with Crippen LogP contribution in [-0.4, -0.2) is 0 Å². The second kappa shape index (κ2) is 2.48. The molecule has 3 aliphatic rings. The number of allylic oxidation sites excluding steroid dienone is 4. The van der Waals surface area contributed by atoms with Gasteiger partial charge in [-0.25, -0.2) is 0 Å². The molecule has 0 saturated heterocycles. The van der Waals surface area contributed by atoms with E-state index in [2.05, 4.69) is 18.2 Å². The Morgan fingerprint density at radius 2 is 2.25 bits per heavy atom. The van der Waals surface area contributed by atoms with Crippen molar-refractivity contribution in [3.8, 4) is 0 Å². The lowest BCUT2D eigenvalue weighted by Gasteiger charge is -2.24. The predicted octanol–water partition coefficient (Wildman–Crippen LogP) is 3.31. The van der Waals surface area contributed by atoms with Gasteiger partial charge in [0.25, 0.3) is 0 Å². The summed E-state index contributed by atoms with van der Waals surface area (Å²) in [6, 6.07) is 0. The third kappa shape index (κ3) is 0.903. The van der Waals surface area contributed by atoms with Crippen LogP contribution in [0.25, 0.3) is 0 Å². The molecule has 0 heterocycles. The lowest BCUT2D eigenvalue weighted by atomic mass is 9.81. The van der Waals surface area contributed by atoms with Crippen LogP contribution in [0.15, 0.2) is 23.8 Å². The van der Waals surface area contributed by atoms with Gasteiger partial charge in [0.05, 0.1) is 0 Å². The van der Waals surface area contributed by atoms with Crippen molar-refractivity contribution >= 4 is 0 Å². The molecule has 0 heteroatoms. The Morgan fingerprint density at radius 3 is 2.83 bits per heavy atom. The van der Waals surface area contributed by atoms with Crippen LogP contribution >= 0.6 is 0 Å². The summed E-state index contributed by atoms with van der Waals surface area (Å²) < 4.78 is 0. The lowest BCUT2D eigenvalue weighted by Crippen LogP contribution is -2.16. The Morgan fingerprint density at radius 1 is 1.25 bits per heavy atom. The van der Waals surface area contributed by atoms with Crippen molar-refractivity contribution in [1.82, 2.24) is 0 Å². The molecule has 3 atom stereocenters. The van der Waals surface area contributed by atoms with E-state index in [-0.39, 0.29) is 0 Å². The predicted molar refractivity (Wildman–Crippen MR) is 50.8 cm³/mol. The number of hydrogen-bond donors (Lipinski definition) is 0. The van der Waals surface area contributed by atoms with E-state index in [0.717, 1.165) is 17.8 Å². The van der Waals surface area contributed by atoms with Gasteiger partial charge in [-0.15, -0.1) is 0 Å². The maximum absolute atomic E-state index is 2.49. The van der Waals surface area contributed by atoms with Crippen molar-refractivity contribution in [2.24, 2.45) is 17.8 Å². The van der Waals surface area contributed by atoms with Gasteiger partial charge in [0.2, 0.25) is 0 Å². The quantitative estimate of drug-likeness (QED) is 0.516. The van der Waals surface area contributed by atoms with Crippen LogP contribution in [0.2, 0.25) is 0 Å². The number of rotatable bonds is 1. The summed E-state index contributed by atoms with van der Waals surface area (Å²) in [7, 11) is 0. The van der Waals surface area contributed by atoms with E-state index >= 15 is 0 Å². The van der Waals surface area contributed by atoms with E-state index in [1.54, 1.807) is 5.57 Å². The SMILES string of the molecule is C1=CC(C2CC3=CCC2C3)CC1. The van der Waals surface area contributed by atoms with Gasteiger partial charge < -0.3 is 0 Å². The smallest absolute Gasteiger partial charge is 0.0196 e. The average Bonchev–Trinajstić information content (AvgIpc) is 2.81. The van der Waals surface area contributed by atoms with Gasteiger partial charge in [-0.3, -0.25) is 0 Å². The summed E-state index contributed by atoms with van der Waals surface area (Å²) in [4.78, 5) is 0. The first-order valence-corrected chi connectivity index (χ1v) is 5.28. The Balaban J connectivity index is 1.78. The third-order valence-electron chi connectivity index (χ3n) is 3.94. The molecular weight excluding hydrogens is 144 g/mol. The normalized spacial score (nSPS) is 44.0. The van der Waals surface area contributed by atoms with Gasteiger partial charge in [0.15, 0.2) is 0 Å². The van der Waals surface area contributed by atoms with Crippen molar-refractivity contribution in [3.63, 3.8) is 0 Å².